The summed E-state index contributed by atoms with van der Waals surface area (Å²) in [6.45, 7) is 0. The van der Waals surface area contributed by atoms with Gasteiger partial charge in [0.15, 0.2) is 5.69 Å². The predicted molar refractivity (Wildman–Crippen MR) is 67.8 cm³/mol. The molecule has 0 saturated heterocycles. The summed E-state index contributed by atoms with van der Waals surface area (Å²) in [5.41, 5.74) is 6.23. The fourth-order valence-electron chi connectivity index (χ4n) is 1.35. The minimum Gasteiger partial charge on any atom is -0.477 e. The zero-order valence-corrected chi connectivity index (χ0v) is 9.70. The second-order valence-corrected chi connectivity index (χ2v) is 3.65. The molecule has 0 aliphatic rings. The summed E-state index contributed by atoms with van der Waals surface area (Å²) in [5, 5.41) is 11.2. The van der Waals surface area contributed by atoms with Crippen molar-refractivity contribution in [2.75, 3.05) is 11.1 Å². The Labute approximate surface area is 108 Å². The van der Waals surface area contributed by atoms with Crippen LogP contribution in [-0.4, -0.2) is 27.0 Å². The van der Waals surface area contributed by atoms with E-state index in [2.05, 4.69) is 15.3 Å². The fourth-order valence-corrected chi connectivity index (χ4v) is 1.35. The molecule has 0 aliphatic heterocycles. The summed E-state index contributed by atoms with van der Waals surface area (Å²) in [5.74, 6) is -1.70. The van der Waals surface area contributed by atoms with E-state index in [0.29, 0.717) is 11.3 Å². The van der Waals surface area contributed by atoms with Gasteiger partial charge in [0.25, 0.3) is 5.91 Å². The maximum atomic E-state index is 11.8. The normalized spacial score (nSPS) is 9.89. The van der Waals surface area contributed by atoms with Crippen LogP contribution in [0, 0.1) is 0 Å². The zero-order valence-electron chi connectivity index (χ0n) is 9.70. The lowest BCUT2D eigenvalue weighted by molar-refractivity contribution is 0.0690. The number of nitrogens with zero attached hydrogens (tertiary/aromatic N) is 2. The number of amides is 1. The molecule has 96 valence electrons. The molecule has 0 radical (unpaired) electrons. The largest absolute Gasteiger partial charge is 0.477 e. The van der Waals surface area contributed by atoms with Crippen LogP contribution >= 0.6 is 0 Å². The van der Waals surface area contributed by atoms with E-state index in [1.54, 1.807) is 24.3 Å². The number of carboxylic acid groups (broad SMARTS) is 1. The van der Waals surface area contributed by atoms with Crippen LogP contribution < -0.4 is 11.1 Å². The first kappa shape index (κ1) is 12.5. The van der Waals surface area contributed by atoms with E-state index in [1.807, 2.05) is 0 Å². The Balaban J connectivity index is 2.17. The lowest BCUT2D eigenvalue weighted by Crippen LogP contribution is -2.15. The van der Waals surface area contributed by atoms with Gasteiger partial charge in [-0.05, 0) is 30.3 Å². The number of hydrogen-bond acceptors (Lipinski definition) is 5. The van der Waals surface area contributed by atoms with Crippen molar-refractivity contribution < 1.29 is 14.7 Å². The number of nitrogens with two attached hydrogens (primary N) is 1. The molecule has 1 aromatic heterocycles. The van der Waals surface area contributed by atoms with Crippen molar-refractivity contribution in [2.45, 2.75) is 0 Å². The number of aromatic nitrogens is 2. The van der Waals surface area contributed by atoms with Crippen molar-refractivity contribution in [3.63, 3.8) is 0 Å². The van der Waals surface area contributed by atoms with Gasteiger partial charge in [-0.15, -0.1) is 0 Å². The Morgan fingerprint density at radius 1 is 1.16 bits per heavy atom. The average Bonchev–Trinajstić information content (AvgIpc) is 2.39. The standard InChI is InChI=1S/C12H10N4O3/c13-8-3-1-7(2-4-8)10(17)16-12-14-6-5-9(15-12)11(18)19/h1-6H,13H2,(H,18,19)(H,14,15,16,17). The van der Waals surface area contributed by atoms with E-state index in [-0.39, 0.29) is 11.6 Å². The van der Waals surface area contributed by atoms with Crippen molar-refractivity contribution >= 4 is 23.5 Å². The smallest absolute Gasteiger partial charge is 0.354 e. The Bertz CT molecular complexity index is 625. The van der Waals surface area contributed by atoms with Gasteiger partial charge >= 0.3 is 5.97 Å². The molecule has 7 nitrogen and oxygen atoms in total. The Morgan fingerprint density at radius 2 is 1.84 bits per heavy atom. The second-order valence-electron chi connectivity index (χ2n) is 3.65. The van der Waals surface area contributed by atoms with E-state index in [4.69, 9.17) is 10.8 Å². The number of nitrogens with one attached hydrogen (secondary N) is 1. The number of hydrogen-bond donors (Lipinski definition) is 3. The molecule has 0 saturated carbocycles. The minimum absolute atomic E-state index is 0.0678. The van der Waals surface area contributed by atoms with Crippen LogP contribution in [-0.2, 0) is 0 Å². The Hall–Kier alpha value is -2.96. The fraction of sp³-hybridized carbons (Fsp3) is 0. The van der Waals surface area contributed by atoms with E-state index >= 15 is 0 Å². The third kappa shape index (κ3) is 3.03. The predicted octanol–water partition coefficient (Wildman–Crippen LogP) is 1.01. The van der Waals surface area contributed by atoms with Crippen molar-refractivity contribution in [1.29, 1.82) is 0 Å². The number of rotatable bonds is 3. The van der Waals surface area contributed by atoms with Crippen LogP contribution in [0.15, 0.2) is 36.5 Å². The van der Waals surface area contributed by atoms with Gasteiger partial charge in [0, 0.05) is 17.4 Å². The molecule has 4 N–H and O–H groups in total. The molecule has 1 amide bonds. The maximum absolute atomic E-state index is 11.8. The average molecular weight is 258 g/mol. The lowest BCUT2D eigenvalue weighted by Gasteiger charge is -2.04. The molecule has 2 rings (SSSR count). The van der Waals surface area contributed by atoms with Crippen LogP contribution in [0.25, 0.3) is 0 Å². The molecule has 7 heteroatoms. The van der Waals surface area contributed by atoms with Gasteiger partial charge in [-0.1, -0.05) is 0 Å². The van der Waals surface area contributed by atoms with Gasteiger partial charge in [-0.25, -0.2) is 14.8 Å². The van der Waals surface area contributed by atoms with Gasteiger partial charge in [0.1, 0.15) is 0 Å². The first-order chi connectivity index (χ1) is 9.06. The number of carboxylic acids is 1. The minimum atomic E-state index is -1.19. The molecule has 1 heterocycles. The highest BCUT2D eigenvalue weighted by Gasteiger charge is 2.10. The van der Waals surface area contributed by atoms with Crippen LogP contribution in [0.3, 0.4) is 0 Å². The van der Waals surface area contributed by atoms with Crippen LogP contribution in [0.5, 0.6) is 0 Å². The number of nitrogen functional groups attached to an aromatic ring is 1. The SMILES string of the molecule is Nc1ccc(C(=O)Nc2nccc(C(=O)O)n2)cc1. The molecule has 0 spiro atoms. The number of benzene rings is 1. The summed E-state index contributed by atoms with van der Waals surface area (Å²) in [4.78, 5) is 30.0. The third-order valence-corrected chi connectivity index (χ3v) is 2.27. The topological polar surface area (TPSA) is 118 Å². The van der Waals surface area contributed by atoms with E-state index < -0.39 is 11.9 Å². The number of carbonyl (C=O) groups is 2. The van der Waals surface area contributed by atoms with Crippen LogP contribution in [0.1, 0.15) is 20.8 Å². The summed E-state index contributed by atoms with van der Waals surface area (Å²) in [7, 11) is 0. The molecule has 0 aliphatic carbocycles. The van der Waals surface area contributed by atoms with E-state index in [9.17, 15) is 9.59 Å². The molecule has 2 aromatic rings. The highest BCUT2D eigenvalue weighted by Crippen LogP contribution is 2.08. The summed E-state index contributed by atoms with van der Waals surface area (Å²) in [6, 6.07) is 7.51. The first-order valence-electron chi connectivity index (χ1n) is 5.29. The van der Waals surface area contributed by atoms with Crippen molar-refractivity contribution in [2.24, 2.45) is 0 Å². The molecular weight excluding hydrogens is 248 g/mol. The van der Waals surface area contributed by atoms with Crippen molar-refractivity contribution in [3.8, 4) is 0 Å². The monoisotopic (exact) mass is 258 g/mol. The maximum Gasteiger partial charge on any atom is 0.354 e. The molecular formula is C12H10N4O3. The number of carbonyl (C=O) groups excluding carboxylic acids is 1. The van der Waals surface area contributed by atoms with Gasteiger partial charge in [0.2, 0.25) is 5.95 Å². The summed E-state index contributed by atoms with van der Waals surface area (Å²) < 4.78 is 0. The highest BCUT2D eigenvalue weighted by molar-refractivity contribution is 6.03. The summed E-state index contributed by atoms with van der Waals surface area (Å²) in [6.07, 6.45) is 1.26. The Kier molecular flexibility index (Phi) is 3.37. The second kappa shape index (κ2) is 5.13. The lowest BCUT2D eigenvalue weighted by atomic mass is 10.2. The third-order valence-electron chi connectivity index (χ3n) is 2.27. The molecule has 1 aromatic carbocycles. The first-order valence-corrected chi connectivity index (χ1v) is 5.29. The highest BCUT2D eigenvalue weighted by atomic mass is 16.4. The quantitative estimate of drug-likeness (QED) is 0.707. The van der Waals surface area contributed by atoms with Gasteiger partial charge < -0.3 is 10.8 Å². The van der Waals surface area contributed by atoms with E-state index in [1.165, 1.54) is 12.3 Å². The van der Waals surface area contributed by atoms with Crippen molar-refractivity contribution in [1.82, 2.24) is 9.97 Å². The zero-order chi connectivity index (χ0) is 13.8. The molecule has 19 heavy (non-hydrogen) atoms. The van der Waals surface area contributed by atoms with Crippen molar-refractivity contribution in [3.05, 3.63) is 47.8 Å². The molecule has 0 atom stereocenters. The van der Waals surface area contributed by atoms with E-state index in [0.717, 1.165) is 0 Å². The number of anilines is 2. The van der Waals surface area contributed by atoms with Gasteiger partial charge in [0.05, 0.1) is 0 Å². The molecule has 0 unspecified atom stereocenters. The Morgan fingerprint density at radius 3 is 2.47 bits per heavy atom. The van der Waals surface area contributed by atoms with Crippen LogP contribution in [0.2, 0.25) is 0 Å². The van der Waals surface area contributed by atoms with Gasteiger partial charge in [-0.3, -0.25) is 10.1 Å². The summed E-state index contributed by atoms with van der Waals surface area (Å²) >= 11 is 0. The molecule has 0 bridgehead atoms. The van der Waals surface area contributed by atoms with Crippen LogP contribution in [0.4, 0.5) is 11.6 Å². The number of aromatic carboxylic acids is 1. The molecule has 0 fully saturated rings. The van der Waals surface area contributed by atoms with Gasteiger partial charge in [-0.2, -0.15) is 0 Å².